The molecule has 0 spiro atoms. The van der Waals surface area contributed by atoms with Gasteiger partial charge in [0.1, 0.15) is 18.5 Å². The Hall–Kier alpha value is -2.17. The fourth-order valence-corrected chi connectivity index (χ4v) is 3.32. The van der Waals surface area contributed by atoms with Gasteiger partial charge in [-0.3, -0.25) is 4.79 Å². The van der Waals surface area contributed by atoms with Crippen LogP contribution in [-0.4, -0.2) is 30.2 Å². The Bertz CT molecular complexity index is 758. The summed E-state index contributed by atoms with van der Waals surface area (Å²) in [5.41, 5.74) is 3.06. The first-order valence-corrected chi connectivity index (χ1v) is 8.57. The first-order valence-electron chi connectivity index (χ1n) is 8.19. The van der Waals surface area contributed by atoms with Crippen LogP contribution >= 0.6 is 11.6 Å². The molecule has 0 aliphatic carbocycles. The molecule has 3 rings (SSSR count). The van der Waals surface area contributed by atoms with Gasteiger partial charge in [-0.25, -0.2) is 0 Å². The molecule has 2 aromatic rings. The number of carbonyl (C=O) groups excluding carboxylic acids is 2. The molecule has 3 unspecified atom stereocenters. The minimum atomic E-state index is -0.752. The maximum absolute atomic E-state index is 12.6. The number of halogens is 1. The van der Waals surface area contributed by atoms with E-state index in [1.54, 1.807) is 24.1 Å². The number of aldehydes is 1. The summed E-state index contributed by atoms with van der Waals surface area (Å²) in [5, 5.41) is 0.639. The summed E-state index contributed by atoms with van der Waals surface area (Å²) >= 11 is 6.00. The predicted octanol–water partition coefficient (Wildman–Crippen LogP) is 3.88. The van der Waals surface area contributed by atoms with Crippen molar-refractivity contribution in [2.45, 2.75) is 31.6 Å². The number of hydrogen-bond donors (Lipinski definition) is 0. The molecule has 4 nitrogen and oxygen atoms in total. The molecule has 1 amide bonds. The summed E-state index contributed by atoms with van der Waals surface area (Å²) in [7, 11) is 1.75. The largest absolute Gasteiger partial charge is 0.357 e. The van der Waals surface area contributed by atoms with Crippen LogP contribution in [0.2, 0.25) is 5.02 Å². The number of amides is 1. The van der Waals surface area contributed by atoms with E-state index < -0.39 is 6.10 Å². The highest BCUT2D eigenvalue weighted by molar-refractivity contribution is 6.30. The van der Waals surface area contributed by atoms with E-state index in [0.29, 0.717) is 5.02 Å². The van der Waals surface area contributed by atoms with Crippen molar-refractivity contribution in [1.82, 2.24) is 4.90 Å². The Balaban J connectivity index is 2.03. The van der Waals surface area contributed by atoms with Crippen LogP contribution in [0, 0.1) is 6.92 Å². The standard InChI is InChI=1S/C20H20ClNO3/c1-13-3-5-15(6-4-13)19-18(14-7-9-16(21)10-8-14)22(2)20(24)17(25-19)11-12-23/h3-10,12,17-19H,11H2,1-2H3. The average molecular weight is 358 g/mol. The summed E-state index contributed by atoms with van der Waals surface area (Å²) in [6.07, 6.45) is -0.323. The summed E-state index contributed by atoms with van der Waals surface area (Å²) in [6.45, 7) is 2.02. The van der Waals surface area contributed by atoms with Gasteiger partial charge in [-0.05, 0) is 30.2 Å². The third-order valence-electron chi connectivity index (χ3n) is 4.57. The van der Waals surface area contributed by atoms with Crippen molar-refractivity contribution in [3.8, 4) is 0 Å². The number of carbonyl (C=O) groups is 2. The van der Waals surface area contributed by atoms with Crippen molar-refractivity contribution in [2.75, 3.05) is 7.05 Å². The van der Waals surface area contributed by atoms with Gasteiger partial charge in [-0.2, -0.15) is 0 Å². The maximum Gasteiger partial charge on any atom is 0.252 e. The molecule has 0 saturated carbocycles. The summed E-state index contributed by atoms with van der Waals surface area (Å²) < 4.78 is 6.08. The van der Waals surface area contributed by atoms with Gasteiger partial charge in [0.2, 0.25) is 0 Å². The number of ether oxygens (including phenoxy) is 1. The second-order valence-corrected chi connectivity index (χ2v) is 6.74. The van der Waals surface area contributed by atoms with Gasteiger partial charge in [0.15, 0.2) is 0 Å². The fraction of sp³-hybridized carbons (Fsp3) is 0.300. The number of hydrogen-bond acceptors (Lipinski definition) is 3. The van der Waals surface area contributed by atoms with E-state index in [0.717, 1.165) is 23.0 Å². The Labute approximate surface area is 152 Å². The lowest BCUT2D eigenvalue weighted by molar-refractivity contribution is -0.172. The minimum absolute atomic E-state index is 0.0544. The number of rotatable bonds is 4. The lowest BCUT2D eigenvalue weighted by Crippen LogP contribution is -2.49. The molecule has 0 N–H and O–H groups in total. The third-order valence-corrected chi connectivity index (χ3v) is 4.82. The lowest BCUT2D eigenvalue weighted by Gasteiger charge is -2.42. The monoisotopic (exact) mass is 357 g/mol. The fourth-order valence-electron chi connectivity index (χ4n) is 3.20. The molecule has 1 fully saturated rings. The van der Waals surface area contributed by atoms with Crippen LogP contribution in [-0.2, 0) is 14.3 Å². The van der Waals surface area contributed by atoms with Crippen molar-refractivity contribution >= 4 is 23.8 Å². The number of benzene rings is 2. The zero-order valence-electron chi connectivity index (χ0n) is 14.2. The number of nitrogens with zero attached hydrogens (tertiary/aromatic N) is 1. The third kappa shape index (κ3) is 3.60. The van der Waals surface area contributed by atoms with Crippen molar-refractivity contribution in [3.63, 3.8) is 0 Å². The molecule has 25 heavy (non-hydrogen) atoms. The van der Waals surface area contributed by atoms with Gasteiger partial charge in [0.05, 0.1) is 6.04 Å². The van der Waals surface area contributed by atoms with E-state index in [-0.39, 0.29) is 24.5 Å². The highest BCUT2D eigenvalue weighted by atomic mass is 35.5. The second-order valence-electron chi connectivity index (χ2n) is 6.30. The van der Waals surface area contributed by atoms with Crippen molar-refractivity contribution in [2.24, 2.45) is 0 Å². The molecular weight excluding hydrogens is 338 g/mol. The molecule has 0 radical (unpaired) electrons. The normalized spacial score (nSPS) is 23.6. The molecule has 130 valence electrons. The Morgan fingerprint density at radius 1 is 1.08 bits per heavy atom. The van der Waals surface area contributed by atoms with Crippen molar-refractivity contribution in [1.29, 1.82) is 0 Å². The zero-order valence-corrected chi connectivity index (χ0v) is 14.9. The van der Waals surface area contributed by atoms with Crippen LogP contribution in [0.4, 0.5) is 0 Å². The first kappa shape index (κ1) is 17.6. The van der Waals surface area contributed by atoms with E-state index in [2.05, 4.69) is 0 Å². The quantitative estimate of drug-likeness (QED) is 0.780. The highest BCUT2D eigenvalue weighted by Crippen LogP contribution is 2.41. The van der Waals surface area contributed by atoms with Gasteiger partial charge in [0.25, 0.3) is 5.91 Å². The zero-order chi connectivity index (χ0) is 18.0. The smallest absolute Gasteiger partial charge is 0.252 e. The molecule has 1 aliphatic heterocycles. The van der Waals surface area contributed by atoms with E-state index >= 15 is 0 Å². The van der Waals surface area contributed by atoms with E-state index in [9.17, 15) is 9.59 Å². The van der Waals surface area contributed by atoms with Crippen molar-refractivity contribution < 1.29 is 14.3 Å². The summed E-state index contributed by atoms with van der Waals surface area (Å²) in [4.78, 5) is 25.2. The Kier molecular flexibility index (Phi) is 5.21. The molecule has 1 heterocycles. The molecule has 0 bridgehead atoms. The summed E-state index contributed by atoms with van der Waals surface area (Å²) in [6, 6.07) is 15.2. The predicted molar refractivity (Wildman–Crippen MR) is 96.4 cm³/mol. The van der Waals surface area contributed by atoms with Crippen LogP contribution in [0.3, 0.4) is 0 Å². The number of morpholine rings is 1. The second kappa shape index (κ2) is 7.38. The molecule has 2 aromatic carbocycles. The maximum atomic E-state index is 12.6. The van der Waals surface area contributed by atoms with Crippen LogP contribution in [0.15, 0.2) is 48.5 Å². The van der Waals surface area contributed by atoms with E-state index in [1.807, 2.05) is 43.3 Å². The van der Waals surface area contributed by atoms with Crippen LogP contribution in [0.1, 0.15) is 35.3 Å². The van der Waals surface area contributed by atoms with E-state index in [1.165, 1.54) is 0 Å². The molecule has 1 aliphatic rings. The minimum Gasteiger partial charge on any atom is -0.357 e. The summed E-state index contributed by atoms with van der Waals surface area (Å²) in [5.74, 6) is -0.185. The topological polar surface area (TPSA) is 46.6 Å². The Morgan fingerprint density at radius 3 is 2.28 bits per heavy atom. The molecular formula is C20H20ClNO3. The van der Waals surface area contributed by atoms with Crippen LogP contribution < -0.4 is 0 Å². The molecule has 1 saturated heterocycles. The van der Waals surface area contributed by atoms with Crippen LogP contribution in [0.5, 0.6) is 0 Å². The molecule has 5 heteroatoms. The average Bonchev–Trinajstić information content (AvgIpc) is 2.61. The highest BCUT2D eigenvalue weighted by Gasteiger charge is 2.42. The lowest BCUT2D eigenvalue weighted by atomic mass is 9.91. The SMILES string of the molecule is Cc1ccc(C2OC(CC=O)C(=O)N(C)C2c2ccc(Cl)cc2)cc1. The Morgan fingerprint density at radius 2 is 1.68 bits per heavy atom. The van der Waals surface area contributed by atoms with Gasteiger partial charge < -0.3 is 14.4 Å². The van der Waals surface area contributed by atoms with Crippen molar-refractivity contribution in [3.05, 3.63) is 70.2 Å². The molecule has 0 aromatic heterocycles. The van der Waals surface area contributed by atoms with Gasteiger partial charge >= 0.3 is 0 Å². The number of aryl methyl sites for hydroxylation is 1. The first-order chi connectivity index (χ1) is 12.0. The molecule has 3 atom stereocenters. The van der Waals surface area contributed by atoms with E-state index in [4.69, 9.17) is 16.3 Å². The number of likely N-dealkylation sites (N-methyl/N-ethyl adjacent to an activating group) is 1. The van der Waals surface area contributed by atoms with Crippen LogP contribution in [0.25, 0.3) is 0 Å². The van der Waals surface area contributed by atoms with Gasteiger partial charge in [-0.1, -0.05) is 53.6 Å². The van der Waals surface area contributed by atoms with Gasteiger partial charge in [-0.15, -0.1) is 0 Å². The van der Waals surface area contributed by atoms with Gasteiger partial charge in [0, 0.05) is 18.5 Å².